The van der Waals surface area contributed by atoms with Gasteiger partial charge in [-0.25, -0.2) is 0 Å². The first-order valence-corrected chi connectivity index (χ1v) is 12.6. The molecule has 0 saturated heterocycles. The number of hydrogen-bond donors (Lipinski definition) is 2. The highest BCUT2D eigenvalue weighted by molar-refractivity contribution is 5.66. The van der Waals surface area contributed by atoms with Gasteiger partial charge >= 0.3 is 5.97 Å². The smallest absolute Gasteiger partial charge is 0.303 e. The van der Waals surface area contributed by atoms with Gasteiger partial charge in [0.1, 0.15) is 6.10 Å². The minimum absolute atomic E-state index is 0.0634. The second kappa shape index (κ2) is 10.4. The third kappa shape index (κ3) is 5.11. The van der Waals surface area contributed by atoms with E-state index in [4.69, 9.17) is 4.74 Å². The van der Waals surface area contributed by atoms with Gasteiger partial charge in [-0.15, -0.1) is 0 Å². The lowest BCUT2D eigenvalue weighted by Gasteiger charge is -2.53. The Morgan fingerprint density at radius 2 is 1.94 bits per heavy atom. The Morgan fingerprint density at radius 3 is 2.62 bits per heavy atom. The zero-order valence-electron chi connectivity index (χ0n) is 20.8. The van der Waals surface area contributed by atoms with E-state index in [1.54, 1.807) is 6.20 Å². The molecule has 1 saturated carbocycles. The second-order valence-corrected chi connectivity index (χ2v) is 10.4. The number of aromatic nitrogens is 1. The van der Waals surface area contributed by atoms with Crippen LogP contribution in [0.5, 0.6) is 0 Å². The molecule has 7 atom stereocenters. The molecular weight excluding hydrogens is 424 g/mol. The molecular formula is C29H38N2O3. The predicted octanol–water partition coefficient (Wildman–Crippen LogP) is 5.07. The number of nitrogens with one attached hydrogen (secondary N) is 1. The van der Waals surface area contributed by atoms with E-state index in [9.17, 15) is 9.90 Å². The second-order valence-electron chi connectivity index (χ2n) is 10.4. The minimum Gasteiger partial charge on any atom is -0.458 e. The highest BCUT2D eigenvalue weighted by atomic mass is 16.5. The number of esters is 1. The molecule has 5 nitrogen and oxygen atoms in total. The lowest BCUT2D eigenvalue weighted by molar-refractivity contribution is -0.159. The van der Waals surface area contributed by atoms with Crippen LogP contribution >= 0.6 is 0 Å². The van der Waals surface area contributed by atoms with E-state index in [0.717, 1.165) is 30.5 Å². The van der Waals surface area contributed by atoms with Crippen LogP contribution in [0.1, 0.15) is 64.1 Å². The molecule has 0 spiro atoms. The first-order chi connectivity index (χ1) is 16.3. The number of fused-ring (bicyclic) bond motifs is 1. The molecule has 5 heteroatoms. The van der Waals surface area contributed by atoms with Gasteiger partial charge in [0.15, 0.2) is 0 Å². The van der Waals surface area contributed by atoms with Crippen molar-refractivity contribution in [3.8, 4) is 0 Å². The van der Waals surface area contributed by atoms with Gasteiger partial charge in [0.25, 0.3) is 0 Å². The van der Waals surface area contributed by atoms with Gasteiger partial charge in [0.2, 0.25) is 0 Å². The molecule has 1 aromatic heterocycles. The zero-order chi connectivity index (χ0) is 24.3. The summed E-state index contributed by atoms with van der Waals surface area (Å²) in [6.45, 7) is 8.73. The van der Waals surface area contributed by atoms with Crippen molar-refractivity contribution in [3.05, 3.63) is 77.6 Å². The Bertz CT molecular complexity index is 953. The molecule has 0 amide bonds. The normalized spacial score (nSPS) is 30.6. The van der Waals surface area contributed by atoms with E-state index < -0.39 is 5.60 Å². The van der Waals surface area contributed by atoms with Crippen molar-refractivity contribution in [2.75, 3.05) is 6.54 Å². The predicted molar refractivity (Wildman–Crippen MR) is 134 cm³/mol. The largest absolute Gasteiger partial charge is 0.458 e. The van der Waals surface area contributed by atoms with Crippen molar-refractivity contribution in [2.24, 2.45) is 23.7 Å². The van der Waals surface area contributed by atoms with Crippen molar-refractivity contribution in [1.82, 2.24) is 10.3 Å². The topological polar surface area (TPSA) is 71.5 Å². The molecule has 2 aliphatic carbocycles. The molecule has 1 fully saturated rings. The molecule has 34 heavy (non-hydrogen) atoms. The molecule has 2 N–H and O–H groups in total. The van der Waals surface area contributed by atoms with Crippen LogP contribution in [0, 0.1) is 23.7 Å². The lowest BCUT2D eigenvalue weighted by Crippen LogP contribution is -2.56. The number of carbonyl (C=O) groups excluding carboxylic acids is 1. The fourth-order valence-electron chi connectivity index (χ4n) is 6.07. The summed E-state index contributed by atoms with van der Waals surface area (Å²) >= 11 is 0. The maximum Gasteiger partial charge on any atom is 0.303 e. The van der Waals surface area contributed by atoms with Gasteiger partial charge in [-0.2, -0.15) is 0 Å². The van der Waals surface area contributed by atoms with E-state index >= 15 is 0 Å². The Labute approximate surface area is 203 Å². The maximum absolute atomic E-state index is 11.8. The summed E-state index contributed by atoms with van der Waals surface area (Å²) in [5, 5.41) is 15.7. The number of aliphatic hydroxyl groups is 1. The van der Waals surface area contributed by atoms with E-state index in [1.807, 2.05) is 25.3 Å². The van der Waals surface area contributed by atoms with Crippen molar-refractivity contribution >= 4 is 5.97 Å². The Balaban J connectivity index is 1.53. The molecule has 4 rings (SSSR count). The summed E-state index contributed by atoms with van der Waals surface area (Å²) in [5.74, 6) is 0.658. The van der Waals surface area contributed by atoms with Crippen molar-refractivity contribution < 1.29 is 14.6 Å². The number of pyridine rings is 1. The fourth-order valence-corrected chi connectivity index (χ4v) is 6.07. The molecule has 1 heterocycles. The summed E-state index contributed by atoms with van der Waals surface area (Å²) < 4.78 is 5.55. The van der Waals surface area contributed by atoms with Crippen LogP contribution in [0.4, 0.5) is 0 Å². The van der Waals surface area contributed by atoms with Gasteiger partial charge < -0.3 is 15.2 Å². The molecule has 182 valence electrons. The highest BCUT2D eigenvalue weighted by Gasteiger charge is 2.52. The minimum atomic E-state index is -0.848. The summed E-state index contributed by atoms with van der Waals surface area (Å²) in [6.07, 6.45) is 8.15. The molecule has 1 aromatic carbocycles. The van der Waals surface area contributed by atoms with Crippen LogP contribution in [0.3, 0.4) is 0 Å². The van der Waals surface area contributed by atoms with Crippen LogP contribution in [0.2, 0.25) is 0 Å². The van der Waals surface area contributed by atoms with Crippen LogP contribution < -0.4 is 5.32 Å². The van der Waals surface area contributed by atoms with Gasteiger partial charge in [-0.3, -0.25) is 9.78 Å². The Morgan fingerprint density at radius 1 is 1.21 bits per heavy atom. The summed E-state index contributed by atoms with van der Waals surface area (Å²) in [7, 11) is 0. The van der Waals surface area contributed by atoms with Crippen LogP contribution in [-0.2, 0) is 9.53 Å². The van der Waals surface area contributed by atoms with Crippen molar-refractivity contribution in [3.63, 3.8) is 0 Å². The van der Waals surface area contributed by atoms with E-state index in [1.165, 1.54) is 12.5 Å². The van der Waals surface area contributed by atoms with E-state index in [2.05, 4.69) is 60.6 Å². The first kappa shape index (κ1) is 24.6. The average Bonchev–Trinajstić information content (AvgIpc) is 2.82. The standard InChI is InChI=1S/C29H38N2O3/c1-19-15-26-25(13-12-21(3)29(26,33)16-27(19)34-22(4)32)20(2)17-31-28(23-9-6-5-7-10-23)24-11-8-14-30-18-24/h5-11,14-15,18,20-21,25-28,31,33H,12-13,16-17H2,1-4H3/t20-,21-,25+,26-,27-,28?,29-/m1/s1. The number of carbonyl (C=O) groups is 1. The van der Waals surface area contributed by atoms with E-state index in [0.29, 0.717) is 18.3 Å². The van der Waals surface area contributed by atoms with Crippen molar-refractivity contribution in [2.45, 2.75) is 64.7 Å². The molecule has 2 aliphatic rings. The van der Waals surface area contributed by atoms with Gasteiger partial charge in [0, 0.05) is 31.7 Å². The molecule has 0 bridgehead atoms. The van der Waals surface area contributed by atoms with Gasteiger partial charge in [-0.05, 0) is 66.8 Å². The number of rotatable bonds is 7. The van der Waals surface area contributed by atoms with Gasteiger partial charge in [-0.1, -0.05) is 56.3 Å². The van der Waals surface area contributed by atoms with Crippen LogP contribution in [-0.4, -0.2) is 34.3 Å². The average molecular weight is 463 g/mol. The zero-order valence-corrected chi connectivity index (χ0v) is 20.8. The molecule has 2 aromatic rings. The number of hydrogen-bond acceptors (Lipinski definition) is 5. The monoisotopic (exact) mass is 462 g/mol. The summed E-state index contributed by atoms with van der Waals surface area (Å²) in [4.78, 5) is 16.0. The van der Waals surface area contributed by atoms with Crippen LogP contribution in [0.15, 0.2) is 66.5 Å². The molecule has 0 radical (unpaired) electrons. The fraction of sp³-hybridized carbons (Fsp3) is 0.517. The lowest BCUT2D eigenvalue weighted by atomic mass is 9.57. The number of ether oxygens (including phenoxy) is 1. The number of nitrogens with zero attached hydrogens (tertiary/aromatic N) is 1. The van der Waals surface area contributed by atoms with Crippen molar-refractivity contribution in [1.29, 1.82) is 0 Å². The Kier molecular flexibility index (Phi) is 7.54. The maximum atomic E-state index is 11.8. The molecule has 0 aliphatic heterocycles. The summed E-state index contributed by atoms with van der Waals surface area (Å²) in [6, 6.07) is 14.6. The summed E-state index contributed by atoms with van der Waals surface area (Å²) in [5.41, 5.74) is 2.57. The highest BCUT2D eigenvalue weighted by Crippen LogP contribution is 2.51. The first-order valence-electron chi connectivity index (χ1n) is 12.6. The molecule has 1 unspecified atom stereocenters. The van der Waals surface area contributed by atoms with Crippen LogP contribution in [0.25, 0.3) is 0 Å². The van der Waals surface area contributed by atoms with E-state index in [-0.39, 0.29) is 30.0 Å². The van der Waals surface area contributed by atoms with Gasteiger partial charge in [0.05, 0.1) is 11.6 Å². The Hall–Kier alpha value is -2.50. The quantitative estimate of drug-likeness (QED) is 0.444. The third-order valence-corrected chi connectivity index (χ3v) is 8.12. The number of benzene rings is 1. The SMILES string of the molecule is CC(=O)O[C@@H]1C[C@@]2(O)[C@H](C)CC[C@@H]([C@H](C)CNC(c3ccccc3)c3cccnc3)[C@H]2C=C1C. The third-order valence-electron chi connectivity index (χ3n) is 8.12.